The Morgan fingerprint density at radius 1 is 0.627 bits per heavy atom. The molecule has 1 heterocycles. The molecule has 4 aromatic carbocycles. The standard InChI is InChI=1S/C24H28N2O2.C20H24N2O/c27-23(18-11-13-22(14-12-18)25-21-9-2-3-10-21)19-7-6-8-20(17-19)24(28)26-15-4-1-5-16-26;1-14-12-19(22-18-4-2-3-5-18)11-10-17(14)13-15-6-8-16(9-7-15)20(21)23/h6-8,11-14,17,21,25H,1-5,9-10,15-16H2;6-12,18,22H,2-5,13H2,1H3,(H2,21,23). The number of ketones is 1. The summed E-state index contributed by atoms with van der Waals surface area (Å²) in [5, 5.41) is 7.19. The van der Waals surface area contributed by atoms with Gasteiger partial charge in [0, 0.05) is 58.8 Å². The number of nitrogens with zero attached hydrogens (tertiary/aromatic N) is 1. The van der Waals surface area contributed by atoms with Crippen LogP contribution in [0.25, 0.3) is 0 Å². The number of piperidine rings is 1. The molecule has 7 rings (SSSR count). The van der Waals surface area contributed by atoms with E-state index in [0.717, 1.165) is 38.0 Å². The number of hydrogen-bond acceptors (Lipinski definition) is 5. The van der Waals surface area contributed by atoms with Gasteiger partial charge in [0.25, 0.3) is 5.91 Å². The highest BCUT2D eigenvalue weighted by Gasteiger charge is 2.20. The van der Waals surface area contributed by atoms with Gasteiger partial charge in [0.05, 0.1) is 0 Å². The number of anilines is 2. The minimum atomic E-state index is -0.380. The quantitative estimate of drug-likeness (QED) is 0.145. The molecule has 1 aliphatic heterocycles. The molecule has 0 aromatic heterocycles. The molecule has 7 nitrogen and oxygen atoms in total. The van der Waals surface area contributed by atoms with E-state index in [0.29, 0.717) is 34.3 Å². The van der Waals surface area contributed by atoms with Gasteiger partial charge in [0.1, 0.15) is 0 Å². The molecule has 4 N–H and O–H groups in total. The number of amides is 2. The highest BCUT2D eigenvalue weighted by Crippen LogP contribution is 2.26. The number of primary amides is 1. The van der Waals surface area contributed by atoms with Crippen molar-refractivity contribution in [3.63, 3.8) is 0 Å². The van der Waals surface area contributed by atoms with Crippen LogP contribution in [0.15, 0.2) is 91.0 Å². The van der Waals surface area contributed by atoms with Crippen molar-refractivity contribution in [1.29, 1.82) is 0 Å². The largest absolute Gasteiger partial charge is 0.382 e. The first kappa shape index (κ1) is 35.9. The molecule has 2 amide bonds. The Kier molecular flexibility index (Phi) is 12.2. The Hall–Kier alpha value is -4.91. The monoisotopic (exact) mass is 684 g/mol. The zero-order chi connectivity index (χ0) is 35.6. The summed E-state index contributed by atoms with van der Waals surface area (Å²) in [5.74, 6) is -0.388. The summed E-state index contributed by atoms with van der Waals surface area (Å²) in [5.41, 5.74) is 13.8. The molecule has 4 aromatic rings. The Morgan fingerprint density at radius 2 is 1.20 bits per heavy atom. The van der Waals surface area contributed by atoms with Gasteiger partial charge in [-0.1, -0.05) is 56.0 Å². The van der Waals surface area contributed by atoms with Crippen molar-refractivity contribution in [3.05, 3.63) is 130 Å². The minimum absolute atomic E-state index is 0.0328. The topological polar surface area (TPSA) is 105 Å². The lowest BCUT2D eigenvalue weighted by molar-refractivity contribution is 0.0724. The average Bonchev–Trinajstić information content (AvgIpc) is 3.88. The highest BCUT2D eigenvalue weighted by atomic mass is 16.2. The van der Waals surface area contributed by atoms with Crippen molar-refractivity contribution in [2.24, 2.45) is 5.73 Å². The van der Waals surface area contributed by atoms with Gasteiger partial charge in [-0.2, -0.15) is 0 Å². The second kappa shape index (κ2) is 17.3. The predicted octanol–water partition coefficient (Wildman–Crippen LogP) is 8.94. The number of benzene rings is 4. The van der Waals surface area contributed by atoms with Crippen molar-refractivity contribution in [2.45, 2.75) is 96.1 Å². The molecule has 3 fully saturated rings. The fourth-order valence-electron chi connectivity index (χ4n) is 7.56. The number of carbonyl (C=O) groups is 3. The van der Waals surface area contributed by atoms with E-state index in [2.05, 4.69) is 35.8 Å². The number of likely N-dealkylation sites (tertiary alicyclic amines) is 1. The number of rotatable bonds is 10. The lowest BCUT2D eigenvalue weighted by atomic mass is 9.99. The third-order valence-electron chi connectivity index (χ3n) is 10.6. The lowest BCUT2D eigenvalue weighted by Gasteiger charge is -2.26. The molecule has 2 saturated carbocycles. The fraction of sp³-hybridized carbons (Fsp3) is 0.386. The van der Waals surface area contributed by atoms with Crippen molar-refractivity contribution in [1.82, 2.24) is 4.90 Å². The third kappa shape index (κ3) is 9.87. The molecule has 0 bridgehead atoms. The summed E-state index contributed by atoms with van der Waals surface area (Å²) in [6.45, 7) is 3.78. The Bertz CT molecular complexity index is 1780. The van der Waals surface area contributed by atoms with Gasteiger partial charge in [-0.05, 0) is 136 Å². The summed E-state index contributed by atoms with van der Waals surface area (Å²) in [6.07, 6.45) is 14.5. The summed E-state index contributed by atoms with van der Waals surface area (Å²) >= 11 is 0. The Morgan fingerprint density at radius 3 is 1.80 bits per heavy atom. The van der Waals surface area contributed by atoms with Gasteiger partial charge < -0.3 is 21.3 Å². The maximum atomic E-state index is 12.9. The predicted molar refractivity (Wildman–Crippen MR) is 207 cm³/mol. The van der Waals surface area contributed by atoms with E-state index in [-0.39, 0.29) is 17.6 Å². The normalized spacial score (nSPS) is 16.3. The molecule has 266 valence electrons. The first-order valence-electron chi connectivity index (χ1n) is 18.9. The zero-order valence-corrected chi connectivity index (χ0v) is 30.0. The SMILES string of the molecule is Cc1cc(NC2CCCC2)ccc1Cc1ccc(C(N)=O)cc1.O=C(c1ccc(NC2CCCC2)cc1)c1cccc(C(=O)N2CCCCC2)c1. The summed E-state index contributed by atoms with van der Waals surface area (Å²) < 4.78 is 0. The Balaban J connectivity index is 0.000000179. The van der Waals surface area contributed by atoms with Gasteiger partial charge in [-0.25, -0.2) is 0 Å². The van der Waals surface area contributed by atoms with E-state index in [1.165, 1.54) is 80.2 Å². The van der Waals surface area contributed by atoms with Crippen LogP contribution in [0.5, 0.6) is 0 Å². The molecule has 2 aliphatic carbocycles. The van der Waals surface area contributed by atoms with Gasteiger partial charge in [-0.3, -0.25) is 14.4 Å². The molecular formula is C44H52N4O3. The summed E-state index contributed by atoms with van der Waals surface area (Å²) in [6, 6.07) is 30.2. The molecule has 7 heteroatoms. The molecule has 1 saturated heterocycles. The van der Waals surface area contributed by atoms with E-state index in [4.69, 9.17) is 5.73 Å². The number of nitrogens with one attached hydrogen (secondary N) is 2. The maximum absolute atomic E-state index is 12.9. The number of nitrogens with two attached hydrogens (primary N) is 1. The average molecular weight is 685 g/mol. The van der Waals surface area contributed by atoms with Crippen molar-refractivity contribution >= 4 is 29.0 Å². The van der Waals surface area contributed by atoms with Crippen molar-refractivity contribution in [2.75, 3.05) is 23.7 Å². The van der Waals surface area contributed by atoms with E-state index in [1.807, 2.05) is 47.4 Å². The van der Waals surface area contributed by atoms with Crippen molar-refractivity contribution in [3.8, 4) is 0 Å². The number of aryl methyl sites for hydroxylation is 1. The molecule has 0 radical (unpaired) electrons. The van der Waals surface area contributed by atoms with E-state index < -0.39 is 0 Å². The van der Waals surface area contributed by atoms with Crippen LogP contribution in [0, 0.1) is 6.92 Å². The third-order valence-corrected chi connectivity index (χ3v) is 10.6. The number of hydrogen-bond donors (Lipinski definition) is 3. The molecule has 0 spiro atoms. The minimum Gasteiger partial charge on any atom is -0.382 e. The van der Waals surface area contributed by atoms with Crippen LogP contribution in [-0.4, -0.2) is 47.7 Å². The van der Waals surface area contributed by atoms with Gasteiger partial charge in [-0.15, -0.1) is 0 Å². The fourth-order valence-corrected chi connectivity index (χ4v) is 7.56. The Labute approximate surface area is 303 Å². The molecule has 51 heavy (non-hydrogen) atoms. The maximum Gasteiger partial charge on any atom is 0.253 e. The first-order valence-corrected chi connectivity index (χ1v) is 18.9. The highest BCUT2D eigenvalue weighted by molar-refractivity contribution is 6.10. The summed E-state index contributed by atoms with van der Waals surface area (Å²) in [7, 11) is 0. The second-order valence-electron chi connectivity index (χ2n) is 14.5. The van der Waals surface area contributed by atoms with Crippen molar-refractivity contribution < 1.29 is 14.4 Å². The number of carbonyl (C=O) groups excluding carboxylic acids is 3. The van der Waals surface area contributed by atoms with Crippen LogP contribution in [0.2, 0.25) is 0 Å². The van der Waals surface area contributed by atoms with E-state index in [1.54, 1.807) is 30.3 Å². The van der Waals surface area contributed by atoms with Crippen LogP contribution in [0.1, 0.15) is 124 Å². The van der Waals surface area contributed by atoms with Gasteiger partial charge >= 0.3 is 0 Å². The molecule has 3 aliphatic rings. The van der Waals surface area contributed by atoms with Crippen LogP contribution < -0.4 is 16.4 Å². The summed E-state index contributed by atoms with van der Waals surface area (Å²) in [4.78, 5) is 38.7. The molecule has 0 unspecified atom stereocenters. The zero-order valence-electron chi connectivity index (χ0n) is 30.0. The second-order valence-corrected chi connectivity index (χ2v) is 14.5. The van der Waals surface area contributed by atoms with Crippen LogP contribution in [0.3, 0.4) is 0 Å². The lowest BCUT2D eigenvalue weighted by Crippen LogP contribution is -2.35. The first-order chi connectivity index (χ1) is 24.8. The van der Waals surface area contributed by atoms with Crippen LogP contribution >= 0.6 is 0 Å². The van der Waals surface area contributed by atoms with Crippen LogP contribution in [-0.2, 0) is 6.42 Å². The van der Waals surface area contributed by atoms with E-state index >= 15 is 0 Å². The van der Waals surface area contributed by atoms with E-state index in [9.17, 15) is 14.4 Å². The van der Waals surface area contributed by atoms with Gasteiger partial charge in [0.2, 0.25) is 5.91 Å². The van der Waals surface area contributed by atoms with Crippen LogP contribution in [0.4, 0.5) is 11.4 Å². The molecule has 0 atom stereocenters. The molecular weight excluding hydrogens is 633 g/mol. The smallest absolute Gasteiger partial charge is 0.253 e. The van der Waals surface area contributed by atoms with Gasteiger partial charge in [0.15, 0.2) is 5.78 Å².